The van der Waals surface area contributed by atoms with Crippen LogP contribution in [0.1, 0.15) is 5.56 Å². The molecule has 0 unspecified atom stereocenters. The average Bonchev–Trinajstić information content (AvgIpc) is 2.42. The largest absolute Gasteiger partial charge is 0.487 e. The first-order valence-electron chi connectivity index (χ1n) is 6.06. The SMILES string of the molecule is NS(=O)(=O)c1cc(F)c(OCCc2ccccc2)c(F)c1. The molecule has 7 heteroatoms. The molecule has 0 aliphatic rings. The van der Waals surface area contributed by atoms with Crippen LogP contribution in [0.25, 0.3) is 0 Å². The van der Waals surface area contributed by atoms with Gasteiger partial charge in [0.25, 0.3) is 0 Å². The molecular weight excluding hydrogens is 300 g/mol. The Morgan fingerprint density at radius 2 is 1.62 bits per heavy atom. The first-order valence-corrected chi connectivity index (χ1v) is 7.61. The number of nitrogens with two attached hydrogens (primary N) is 1. The number of hydrogen-bond donors (Lipinski definition) is 1. The van der Waals surface area contributed by atoms with E-state index in [1.54, 1.807) is 0 Å². The van der Waals surface area contributed by atoms with Gasteiger partial charge >= 0.3 is 0 Å². The molecular formula is C14H13F2NO3S. The van der Waals surface area contributed by atoms with Crippen molar-refractivity contribution in [2.75, 3.05) is 6.61 Å². The average molecular weight is 313 g/mol. The van der Waals surface area contributed by atoms with E-state index in [0.29, 0.717) is 18.6 Å². The third-order valence-corrected chi connectivity index (χ3v) is 3.67. The van der Waals surface area contributed by atoms with Crippen LogP contribution in [0.15, 0.2) is 47.4 Å². The Hall–Kier alpha value is -1.99. The Morgan fingerprint density at radius 3 is 2.14 bits per heavy atom. The summed E-state index contributed by atoms with van der Waals surface area (Å²) in [5.41, 5.74) is 0.958. The second kappa shape index (κ2) is 6.19. The molecule has 2 aromatic rings. The quantitative estimate of drug-likeness (QED) is 0.920. The van der Waals surface area contributed by atoms with Gasteiger partial charge < -0.3 is 4.74 Å². The molecule has 0 atom stereocenters. The first kappa shape index (κ1) is 15.4. The Balaban J connectivity index is 2.11. The lowest BCUT2D eigenvalue weighted by Crippen LogP contribution is -2.13. The lowest BCUT2D eigenvalue weighted by atomic mass is 10.2. The van der Waals surface area contributed by atoms with Crippen LogP contribution in [0.3, 0.4) is 0 Å². The highest BCUT2D eigenvalue weighted by Crippen LogP contribution is 2.25. The van der Waals surface area contributed by atoms with Gasteiger partial charge in [0.15, 0.2) is 17.4 Å². The monoisotopic (exact) mass is 313 g/mol. The molecule has 0 aromatic heterocycles. The van der Waals surface area contributed by atoms with Crippen molar-refractivity contribution in [2.24, 2.45) is 5.14 Å². The predicted octanol–water partition coefficient (Wildman–Crippen LogP) is 2.23. The van der Waals surface area contributed by atoms with E-state index < -0.39 is 32.3 Å². The maximum atomic E-state index is 13.7. The van der Waals surface area contributed by atoms with Gasteiger partial charge in [-0.25, -0.2) is 22.3 Å². The molecule has 0 spiro atoms. The summed E-state index contributed by atoms with van der Waals surface area (Å²) in [6, 6.07) is 10.5. The Morgan fingerprint density at radius 1 is 1.05 bits per heavy atom. The summed E-state index contributed by atoms with van der Waals surface area (Å²) in [6.45, 7) is 0.0621. The van der Waals surface area contributed by atoms with Crippen molar-refractivity contribution in [1.82, 2.24) is 0 Å². The highest BCUT2D eigenvalue weighted by Gasteiger charge is 2.17. The van der Waals surface area contributed by atoms with Crippen LogP contribution in [0.4, 0.5) is 8.78 Å². The lowest BCUT2D eigenvalue weighted by molar-refractivity contribution is 0.287. The van der Waals surface area contributed by atoms with E-state index in [9.17, 15) is 17.2 Å². The van der Waals surface area contributed by atoms with E-state index in [-0.39, 0.29) is 6.61 Å². The van der Waals surface area contributed by atoms with Gasteiger partial charge in [0.2, 0.25) is 10.0 Å². The van der Waals surface area contributed by atoms with E-state index in [0.717, 1.165) is 5.56 Å². The summed E-state index contributed by atoms with van der Waals surface area (Å²) < 4.78 is 54.5. The van der Waals surface area contributed by atoms with Crippen molar-refractivity contribution >= 4 is 10.0 Å². The van der Waals surface area contributed by atoms with Crippen molar-refractivity contribution in [3.63, 3.8) is 0 Å². The lowest BCUT2D eigenvalue weighted by Gasteiger charge is -2.09. The number of primary sulfonamides is 1. The molecule has 21 heavy (non-hydrogen) atoms. The maximum absolute atomic E-state index is 13.7. The number of halogens is 2. The Kier molecular flexibility index (Phi) is 4.54. The first-order chi connectivity index (χ1) is 9.88. The number of sulfonamides is 1. The molecule has 0 aliphatic carbocycles. The molecule has 0 bridgehead atoms. The van der Waals surface area contributed by atoms with Gasteiger partial charge in [-0.1, -0.05) is 30.3 Å². The van der Waals surface area contributed by atoms with Crippen LogP contribution >= 0.6 is 0 Å². The number of ether oxygens (including phenoxy) is 1. The molecule has 0 saturated heterocycles. The second-order valence-electron chi connectivity index (χ2n) is 4.35. The normalized spacial score (nSPS) is 11.4. The molecule has 2 aromatic carbocycles. The molecule has 0 amide bonds. The van der Waals surface area contributed by atoms with Crippen LogP contribution in [0.5, 0.6) is 5.75 Å². The van der Waals surface area contributed by atoms with E-state index >= 15 is 0 Å². The molecule has 0 aliphatic heterocycles. The van der Waals surface area contributed by atoms with Crippen molar-refractivity contribution in [2.45, 2.75) is 11.3 Å². The third kappa shape index (κ3) is 3.99. The molecule has 112 valence electrons. The third-order valence-electron chi connectivity index (χ3n) is 2.78. The summed E-state index contributed by atoms with van der Waals surface area (Å²) >= 11 is 0. The highest BCUT2D eigenvalue weighted by atomic mass is 32.2. The van der Waals surface area contributed by atoms with Gasteiger partial charge in [-0.3, -0.25) is 0 Å². The number of hydrogen-bond acceptors (Lipinski definition) is 3. The molecule has 4 nitrogen and oxygen atoms in total. The molecule has 2 rings (SSSR count). The van der Waals surface area contributed by atoms with Crippen molar-refractivity contribution in [1.29, 1.82) is 0 Å². The molecule has 0 fully saturated rings. The van der Waals surface area contributed by atoms with E-state index in [2.05, 4.69) is 0 Å². The number of rotatable bonds is 5. The molecule has 0 heterocycles. The predicted molar refractivity (Wildman–Crippen MR) is 73.4 cm³/mol. The van der Waals surface area contributed by atoms with Crippen molar-refractivity contribution in [3.8, 4) is 5.75 Å². The van der Waals surface area contributed by atoms with Gasteiger partial charge in [0.1, 0.15) is 0 Å². The van der Waals surface area contributed by atoms with Gasteiger partial charge in [-0.2, -0.15) is 0 Å². The zero-order chi connectivity index (χ0) is 15.5. The van der Waals surface area contributed by atoms with Crippen LogP contribution < -0.4 is 9.88 Å². The Bertz CT molecular complexity index is 710. The van der Waals surface area contributed by atoms with Gasteiger partial charge in [0, 0.05) is 6.42 Å². The number of benzene rings is 2. The molecule has 2 N–H and O–H groups in total. The minimum absolute atomic E-state index is 0.0621. The molecule has 0 radical (unpaired) electrons. The summed E-state index contributed by atoms with van der Waals surface area (Å²) in [6.07, 6.45) is 0.469. The topological polar surface area (TPSA) is 69.4 Å². The van der Waals surface area contributed by atoms with Gasteiger partial charge in [-0.05, 0) is 17.7 Å². The maximum Gasteiger partial charge on any atom is 0.238 e. The summed E-state index contributed by atoms with van der Waals surface area (Å²) in [5.74, 6) is -2.82. The zero-order valence-electron chi connectivity index (χ0n) is 10.9. The zero-order valence-corrected chi connectivity index (χ0v) is 11.7. The fourth-order valence-corrected chi connectivity index (χ4v) is 2.29. The Labute approximate surface area is 121 Å². The van der Waals surface area contributed by atoms with Crippen molar-refractivity contribution < 1.29 is 21.9 Å². The van der Waals surface area contributed by atoms with Crippen LogP contribution in [0.2, 0.25) is 0 Å². The highest BCUT2D eigenvalue weighted by molar-refractivity contribution is 7.89. The minimum atomic E-state index is -4.16. The van der Waals surface area contributed by atoms with E-state index in [1.165, 1.54) is 0 Å². The van der Waals surface area contributed by atoms with Crippen LogP contribution in [-0.4, -0.2) is 15.0 Å². The standard InChI is InChI=1S/C14H13F2NO3S/c15-12-8-11(21(17,18)19)9-13(16)14(12)20-7-6-10-4-2-1-3-5-10/h1-5,8-9H,6-7H2,(H2,17,18,19). The van der Waals surface area contributed by atoms with Crippen molar-refractivity contribution in [3.05, 3.63) is 59.7 Å². The summed E-state index contributed by atoms with van der Waals surface area (Å²) in [4.78, 5) is -0.632. The smallest absolute Gasteiger partial charge is 0.238 e. The second-order valence-corrected chi connectivity index (χ2v) is 5.91. The summed E-state index contributed by atoms with van der Waals surface area (Å²) in [5, 5.41) is 4.82. The summed E-state index contributed by atoms with van der Waals surface area (Å²) in [7, 11) is -4.16. The van der Waals surface area contributed by atoms with Gasteiger partial charge in [0.05, 0.1) is 11.5 Å². The minimum Gasteiger partial charge on any atom is -0.487 e. The van der Waals surface area contributed by atoms with Crippen LogP contribution in [-0.2, 0) is 16.4 Å². The fourth-order valence-electron chi connectivity index (χ4n) is 1.75. The molecule has 0 saturated carbocycles. The van der Waals surface area contributed by atoms with E-state index in [4.69, 9.17) is 9.88 Å². The fraction of sp³-hybridized carbons (Fsp3) is 0.143. The van der Waals surface area contributed by atoms with Crippen LogP contribution in [0, 0.1) is 11.6 Å². The van der Waals surface area contributed by atoms with E-state index in [1.807, 2.05) is 30.3 Å². The van der Waals surface area contributed by atoms with Gasteiger partial charge in [-0.15, -0.1) is 0 Å².